The molecule has 3 N–H and O–H groups in total. The first-order chi connectivity index (χ1) is 9.99. The highest BCUT2D eigenvalue weighted by atomic mass is 35.5. The van der Waals surface area contributed by atoms with Crippen molar-refractivity contribution in [2.24, 2.45) is 0 Å². The van der Waals surface area contributed by atoms with Crippen molar-refractivity contribution in [3.63, 3.8) is 0 Å². The Kier molecular flexibility index (Phi) is 7.50. The van der Waals surface area contributed by atoms with Crippen LogP contribution in [0.1, 0.15) is 24.3 Å². The van der Waals surface area contributed by atoms with Crippen molar-refractivity contribution in [1.82, 2.24) is 5.32 Å². The maximum atomic E-state index is 9.55. The third-order valence-corrected chi connectivity index (χ3v) is 3.22. The highest BCUT2D eigenvalue weighted by Gasteiger charge is 2.14. The maximum Gasteiger partial charge on any atom is 0.328 e. The van der Waals surface area contributed by atoms with Crippen molar-refractivity contribution in [2.45, 2.75) is 18.8 Å². The van der Waals surface area contributed by atoms with Gasteiger partial charge in [-0.2, -0.15) is 0 Å². The van der Waals surface area contributed by atoms with Crippen molar-refractivity contribution in [3.8, 4) is 0 Å². The molecule has 0 spiro atoms. The third kappa shape index (κ3) is 7.48. The van der Waals surface area contributed by atoms with E-state index >= 15 is 0 Å². The molecule has 5 nitrogen and oxygen atoms in total. The summed E-state index contributed by atoms with van der Waals surface area (Å²) in [7, 11) is 0. The molecule has 1 saturated heterocycles. The monoisotopic (exact) mass is 311 g/mol. The number of rotatable bonds is 3. The summed E-state index contributed by atoms with van der Waals surface area (Å²) >= 11 is 5.94. The number of carboxylic acids is 2. The fourth-order valence-corrected chi connectivity index (χ4v) is 2.24. The van der Waals surface area contributed by atoms with E-state index in [1.807, 2.05) is 12.1 Å². The molecule has 6 heteroatoms. The fourth-order valence-electron chi connectivity index (χ4n) is 2.04. The van der Waals surface area contributed by atoms with Gasteiger partial charge in [-0.05, 0) is 43.0 Å². The number of hydrogen-bond acceptors (Lipinski definition) is 3. The number of hydrogen-bond donors (Lipinski definition) is 3. The summed E-state index contributed by atoms with van der Waals surface area (Å²) < 4.78 is 0. The average molecular weight is 312 g/mol. The summed E-state index contributed by atoms with van der Waals surface area (Å²) in [5.41, 5.74) is 1.37. The second-order valence-corrected chi connectivity index (χ2v) is 5.04. The van der Waals surface area contributed by atoms with Gasteiger partial charge in [0.25, 0.3) is 0 Å². The van der Waals surface area contributed by atoms with Crippen LogP contribution in [-0.2, 0) is 9.59 Å². The standard InChI is InChI=1S/C11H14ClN.C4H4O4/c12-11-5-1-3-9(7-11)10-4-2-6-13-8-10;5-3(6)1-2-4(7)8/h1,3,5,7,10,13H,2,4,6,8H2;1-2H,(H,5,6)(H,7,8)/b;2-1+. The Labute approximate surface area is 128 Å². The number of halogens is 1. The van der Waals surface area contributed by atoms with Gasteiger partial charge in [0, 0.05) is 23.7 Å². The number of carboxylic acid groups (broad SMARTS) is 2. The van der Waals surface area contributed by atoms with E-state index in [-0.39, 0.29) is 0 Å². The minimum absolute atomic E-state index is 0.558. The molecule has 1 aromatic carbocycles. The van der Waals surface area contributed by atoms with Gasteiger partial charge in [0.1, 0.15) is 0 Å². The molecule has 2 rings (SSSR count). The zero-order valence-electron chi connectivity index (χ0n) is 11.5. The zero-order chi connectivity index (χ0) is 15.7. The molecule has 1 heterocycles. The Morgan fingerprint density at radius 1 is 1.24 bits per heavy atom. The molecule has 0 radical (unpaired) electrons. The summed E-state index contributed by atoms with van der Waals surface area (Å²) in [4.78, 5) is 19.1. The summed E-state index contributed by atoms with van der Waals surface area (Å²) in [5.74, 6) is -1.85. The van der Waals surface area contributed by atoms with E-state index in [1.54, 1.807) is 0 Å². The summed E-state index contributed by atoms with van der Waals surface area (Å²) in [5, 5.41) is 19.9. The molecule has 1 aromatic rings. The van der Waals surface area contributed by atoms with E-state index < -0.39 is 11.9 Å². The van der Waals surface area contributed by atoms with Gasteiger partial charge in [-0.3, -0.25) is 0 Å². The molecule has 0 aromatic heterocycles. The van der Waals surface area contributed by atoms with Gasteiger partial charge >= 0.3 is 11.9 Å². The molecule has 1 aliphatic heterocycles. The third-order valence-electron chi connectivity index (χ3n) is 2.99. The van der Waals surface area contributed by atoms with Crippen molar-refractivity contribution in [3.05, 3.63) is 47.0 Å². The van der Waals surface area contributed by atoms with Gasteiger partial charge in [-0.15, -0.1) is 0 Å². The number of aliphatic carboxylic acids is 2. The maximum absolute atomic E-state index is 9.55. The summed E-state index contributed by atoms with van der Waals surface area (Å²) in [6.45, 7) is 2.26. The van der Waals surface area contributed by atoms with Gasteiger partial charge in [0.05, 0.1) is 0 Å². The van der Waals surface area contributed by atoms with Gasteiger partial charge in [0.15, 0.2) is 0 Å². The second-order valence-electron chi connectivity index (χ2n) is 4.61. The second kappa shape index (κ2) is 9.15. The van der Waals surface area contributed by atoms with E-state index in [0.29, 0.717) is 18.1 Å². The van der Waals surface area contributed by atoms with Crippen molar-refractivity contribution in [1.29, 1.82) is 0 Å². The molecule has 1 atom stereocenters. The van der Waals surface area contributed by atoms with Crippen LogP contribution in [0.15, 0.2) is 36.4 Å². The van der Waals surface area contributed by atoms with Gasteiger partial charge in [0.2, 0.25) is 0 Å². The van der Waals surface area contributed by atoms with Crippen LogP contribution < -0.4 is 5.32 Å². The van der Waals surface area contributed by atoms with Crippen molar-refractivity contribution < 1.29 is 19.8 Å². The van der Waals surface area contributed by atoms with Crippen LogP contribution in [0.4, 0.5) is 0 Å². The molecule has 1 fully saturated rings. The molecule has 0 saturated carbocycles. The Hall–Kier alpha value is -1.85. The SMILES string of the molecule is Clc1cccc(C2CCCNC2)c1.O=C(O)/C=C/C(=O)O. The predicted molar refractivity (Wildman–Crippen MR) is 80.7 cm³/mol. The highest BCUT2D eigenvalue weighted by molar-refractivity contribution is 6.30. The van der Waals surface area contributed by atoms with Gasteiger partial charge < -0.3 is 15.5 Å². The minimum Gasteiger partial charge on any atom is -0.478 e. The molecule has 0 aliphatic carbocycles. The smallest absolute Gasteiger partial charge is 0.328 e. The van der Waals surface area contributed by atoms with E-state index in [9.17, 15) is 9.59 Å². The first-order valence-corrected chi connectivity index (χ1v) is 6.97. The topological polar surface area (TPSA) is 86.6 Å². The van der Waals surface area contributed by atoms with Gasteiger partial charge in [-0.1, -0.05) is 23.7 Å². The molecule has 21 heavy (non-hydrogen) atoms. The normalized spacial score (nSPS) is 17.9. The van der Waals surface area contributed by atoms with Crippen molar-refractivity contribution in [2.75, 3.05) is 13.1 Å². The largest absolute Gasteiger partial charge is 0.478 e. The number of nitrogens with one attached hydrogen (secondary N) is 1. The number of benzene rings is 1. The summed E-state index contributed by atoms with van der Waals surface area (Å²) in [6.07, 6.45) is 3.68. The highest BCUT2D eigenvalue weighted by Crippen LogP contribution is 2.24. The Morgan fingerprint density at radius 2 is 1.90 bits per heavy atom. The lowest BCUT2D eigenvalue weighted by Gasteiger charge is -2.23. The Morgan fingerprint density at radius 3 is 2.38 bits per heavy atom. The van der Waals surface area contributed by atoms with Crippen LogP contribution in [0.3, 0.4) is 0 Å². The molecule has 0 amide bonds. The van der Waals surface area contributed by atoms with Crippen LogP contribution in [0.5, 0.6) is 0 Å². The van der Waals surface area contributed by atoms with E-state index in [0.717, 1.165) is 18.1 Å². The average Bonchev–Trinajstić information content (AvgIpc) is 2.47. The molecule has 1 aliphatic rings. The van der Waals surface area contributed by atoms with E-state index in [1.165, 1.54) is 18.4 Å². The van der Waals surface area contributed by atoms with Crippen LogP contribution in [0.25, 0.3) is 0 Å². The summed E-state index contributed by atoms with van der Waals surface area (Å²) in [6, 6.07) is 8.22. The van der Waals surface area contributed by atoms with Crippen molar-refractivity contribution >= 4 is 23.5 Å². The first-order valence-electron chi connectivity index (χ1n) is 6.59. The molecule has 0 bridgehead atoms. The quantitative estimate of drug-likeness (QED) is 0.747. The molecular formula is C15H18ClNO4. The van der Waals surface area contributed by atoms with Crippen LogP contribution in [0.2, 0.25) is 5.02 Å². The fraction of sp³-hybridized carbons (Fsp3) is 0.333. The predicted octanol–water partition coefficient (Wildman–Crippen LogP) is 2.52. The Bertz CT molecular complexity index is 494. The molecule has 1 unspecified atom stereocenters. The number of carbonyl (C=O) groups is 2. The Balaban J connectivity index is 0.000000240. The minimum atomic E-state index is -1.26. The van der Waals surface area contributed by atoms with Gasteiger partial charge in [-0.25, -0.2) is 9.59 Å². The zero-order valence-corrected chi connectivity index (χ0v) is 12.2. The lowest BCUT2D eigenvalue weighted by molar-refractivity contribution is -0.134. The van der Waals surface area contributed by atoms with Crippen LogP contribution >= 0.6 is 11.6 Å². The number of piperidine rings is 1. The van der Waals surface area contributed by atoms with E-state index in [2.05, 4.69) is 17.4 Å². The van der Waals surface area contributed by atoms with Crippen LogP contribution in [-0.4, -0.2) is 35.2 Å². The lowest BCUT2D eigenvalue weighted by atomic mass is 9.92. The molecule has 114 valence electrons. The van der Waals surface area contributed by atoms with Crippen LogP contribution in [0, 0.1) is 0 Å². The lowest BCUT2D eigenvalue weighted by Crippen LogP contribution is -2.28. The molecular weight excluding hydrogens is 294 g/mol. The van der Waals surface area contributed by atoms with E-state index in [4.69, 9.17) is 21.8 Å². The first kappa shape index (κ1) is 17.2.